The Bertz CT molecular complexity index is 334. The van der Waals surface area contributed by atoms with E-state index < -0.39 is 0 Å². The second-order valence-electron chi connectivity index (χ2n) is 4.78. The summed E-state index contributed by atoms with van der Waals surface area (Å²) in [6.07, 6.45) is 3.84. The fourth-order valence-corrected chi connectivity index (χ4v) is 2.23. The van der Waals surface area contributed by atoms with Crippen LogP contribution in [-0.2, 0) is 6.42 Å². The lowest BCUT2D eigenvalue weighted by atomic mass is 10.0. The van der Waals surface area contributed by atoms with Gasteiger partial charge in [0.1, 0.15) is 0 Å². The summed E-state index contributed by atoms with van der Waals surface area (Å²) in [4.78, 5) is 0. The molecule has 1 rings (SSSR count). The van der Waals surface area contributed by atoms with Gasteiger partial charge in [0.2, 0.25) is 0 Å². The molecule has 0 spiro atoms. The van der Waals surface area contributed by atoms with Crippen molar-refractivity contribution >= 4 is 27.5 Å². The van der Waals surface area contributed by atoms with Gasteiger partial charge in [0, 0.05) is 11.4 Å². The molecule has 0 fully saturated rings. The van der Waals surface area contributed by atoms with E-state index in [0.29, 0.717) is 12.0 Å². The fraction of sp³-hybridized carbons (Fsp3) is 0.750. The lowest BCUT2D eigenvalue weighted by molar-refractivity contribution is 0.492. The zero-order chi connectivity index (χ0) is 12.3. The van der Waals surface area contributed by atoms with Crippen LogP contribution in [0.3, 0.4) is 0 Å². The minimum absolute atomic E-state index is 0.238. The molecule has 0 N–H and O–H groups in total. The van der Waals surface area contributed by atoms with Crippen LogP contribution in [-0.4, -0.2) is 15.2 Å². The van der Waals surface area contributed by atoms with Crippen LogP contribution >= 0.6 is 27.5 Å². The number of alkyl halides is 1. The van der Waals surface area contributed by atoms with Crippen LogP contribution in [0.15, 0.2) is 10.7 Å². The summed E-state index contributed by atoms with van der Waals surface area (Å²) in [5, 5.41) is 4.60. The Morgan fingerprint density at radius 2 is 2.00 bits per heavy atom. The fourth-order valence-electron chi connectivity index (χ4n) is 1.65. The lowest BCUT2D eigenvalue weighted by Crippen LogP contribution is -2.13. The average molecular weight is 308 g/mol. The summed E-state index contributed by atoms with van der Waals surface area (Å²) in [6.45, 7) is 8.60. The summed E-state index contributed by atoms with van der Waals surface area (Å²) in [7, 11) is 0. The van der Waals surface area contributed by atoms with Gasteiger partial charge in [-0.3, -0.25) is 4.68 Å². The van der Waals surface area contributed by atoms with Crippen molar-refractivity contribution in [1.82, 2.24) is 9.78 Å². The molecule has 0 aliphatic rings. The van der Waals surface area contributed by atoms with Crippen molar-refractivity contribution in [2.24, 2.45) is 5.92 Å². The van der Waals surface area contributed by atoms with Gasteiger partial charge in [-0.05, 0) is 48.5 Å². The molecule has 0 aliphatic carbocycles. The van der Waals surface area contributed by atoms with E-state index in [1.54, 1.807) is 0 Å². The van der Waals surface area contributed by atoms with Crippen LogP contribution in [0.4, 0.5) is 0 Å². The molecule has 0 aliphatic heterocycles. The predicted molar refractivity (Wildman–Crippen MR) is 73.1 cm³/mol. The van der Waals surface area contributed by atoms with Crippen molar-refractivity contribution in [3.63, 3.8) is 0 Å². The number of aromatic nitrogens is 2. The van der Waals surface area contributed by atoms with Crippen LogP contribution in [0.1, 0.15) is 45.9 Å². The Balaban J connectivity index is 2.69. The molecule has 1 aromatic rings. The van der Waals surface area contributed by atoms with E-state index in [1.165, 1.54) is 5.69 Å². The van der Waals surface area contributed by atoms with Crippen LogP contribution in [0.5, 0.6) is 0 Å². The summed E-state index contributed by atoms with van der Waals surface area (Å²) < 4.78 is 3.16. The van der Waals surface area contributed by atoms with E-state index in [4.69, 9.17) is 11.6 Å². The highest BCUT2D eigenvalue weighted by Gasteiger charge is 2.15. The standard InChI is InChI=1S/C12H20BrClN2/c1-8(2)11(14)5-6-12-10(13)7-15-16(12)9(3)4/h7-9,11H,5-6H2,1-4H3. The third kappa shape index (κ3) is 3.49. The first-order valence-electron chi connectivity index (χ1n) is 5.79. The van der Waals surface area contributed by atoms with E-state index in [2.05, 4.69) is 53.4 Å². The van der Waals surface area contributed by atoms with Gasteiger partial charge in [-0.2, -0.15) is 5.10 Å². The number of hydrogen-bond acceptors (Lipinski definition) is 1. The predicted octanol–water partition coefficient (Wildman–Crippen LogP) is 4.42. The molecule has 92 valence electrons. The molecule has 1 aromatic heterocycles. The molecule has 0 aromatic carbocycles. The topological polar surface area (TPSA) is 17.8 Å². The van der Waals surface area contributed by atoms with Crippen molar-refractivity contribution in [3.05, 3.63) is 16.4 Å². The van der Waals surface area contributed by atoms with Crippen LogP contribution in [0.2, 0.25) is 0 Å². The van der Waals surface area contributed by atoms with Gasteiger partial charge >= 0.3 is 0 Å². The van der Waals surface area contributed by atoms with E-state index in [9.17, 15) is 0 Å². The normalized spacial score (nSPS) is 13.8. The van der Waals surface area contributed by atoms with Gasteiger partial charge in [-0.25, -0.2) is 0 Å². The Labute approximate surface area is 111 Å². The Kier molecular flexibility index (Phi) is 5.32. The molecule has 4 heteroatoms. The Morgan fingerprint density at radius 1 is 1.38 bits per heavy atom. The summed E-state index contributed by atoms with van der Waals surface area (Å²) in [5.41, 5.74) is 1.25. The van der Waals surface area contributed by atoms with E-state index >= 15 is 0 Å². The molecule has 1 unspecified atom stereocenters. The second kappa shape index (κ2) is 6.06. The molecular formula is C12H20BrClN2. The van der Waals surface area contributed by atoms with Gasteiger partial charge in [0.05, 0.1) is 16.4 Å². The average Bonchev–Trinajstić information content (AvgIpc) is 2.56. The third-order valence-corrected chi connectivity index (χ3v) is 4.10. The number of hydrogen-bond donors (Lipinski definition) is 0. The van der Waals surface area contributed by atoms with Gasteiger partial charge in [-0.1, -0.05) is 13.8 Å². The molecule has 2 nitrogen and oxygen atoms in total. The molecular weight excluding hydrogens is 288 g/mol. The van der Waals surface area contributed by atoms with E-state index in [0.717, 1.165) is 17.3 Å². The van der Waals surface area contributed by atoms with Crippen LogP contribution in [0, 0.1) is 5.92 Å². The van der Waals surface area contributed by atoms with Crippen LogP contribution in [0.25, 0.3) is 0 Å². The van der Waals surface area contributed by atoms with Crippen molar-refractivity contribution in [2.75, 3.05) is 0 Å². The zero-order valence-corrected chi connectivity index (χ0v) is 12.7. The molecule has 16 heavy (non-hydrogen) atoms. The monoisotopic (exact) mass is 306 g/mol. The smallest absolute Gasteiger partial charge is 0.0635 e. The first-order valence-corrected chi connectivity index (χ1v) is 7.02. The molecule has 0 bridgehead atoms. The summed E-state index contributed by atoms with van der Waals surface area (Å²) in [6, 6.07) is 0.397. The molecule has 0 saturated heterocycles. The van der Waals surface area contributed by atoms with E-state index in [-0.39, 0.29) is 5.38 Å². The van der Waals surface area contributed by atoms with E-state index in [1.807, 2.05) is 6.20 Å². The number of nitrogens with zero attached hydrogens (tertiary/aromatic N) is 2. The zero-order valence-electron chi connectivity index (χ0n) is 10.4. The molecule has 0 saturated carbocycles. The first kappa shape index (κ1) is 14.0. The largest absolute Gasteiger partial charge is 0.266 e. The van der Waals surface area contributed by atoms with Crippen LogP contribution < -0.4 is 0 Å². The summed E-state index contributed by atoms with van der Waals surface area (Å²) >= 11 is 9.82. The lowest BCUT2D eigenvalue weighted by Gasteiger charge is -2.15. The van der Waals surface area contributed by atoms with Crippen molar-refractivity contribution in [1.29, 1.82) is 0 Å². The molecule has 0 amide bonds. The van der Waals surface area contributed by atoms with Gasteiger partial charge in [0.25, 0.3) is 0 Å². The quantitative estimate of drug-likeness (QED) is 0.736. The number of halogens is 2. The second-order valence-corrected chi connectivity index (χ2v) is 6.19. The SMILES string of the molecule is CC(C)C(Cl)CCc1c(Br)cnn1C(C)C. The molecule has 0 radical (unpaired) electrons. The minimum atomic E-state index is 0.238. The van der Waals surface area contributed by atoms with Crippen molar-refractivity contribution in [3.8, 4) is 0 Å². The van der Waals surface area contributed by atoms with Gasteiger partial charge in [-0.15, -0.1) is 11.6 Å². The Hall–Kier alpha value is -0.0200. The molecule has 1 atom stereocenters. The van der Waals surface area contributed by atoms with Crippen molar-refractivity contribution < 1.29 is 0 Å². The highest BCUT2D eigenvalue weighted by Crippen LogP contribution is 2.23. The maximum absolute atomic E-state index is 6.27. The maximum atomic E-state index is 6.27. The number of rotatable bonds is 5. The highest BCUT2D eigenvalue weighted by molar-refractivity contribution is 9.10. The van der Waals surface area contributed by atoms with Crippen molar-refractivity contribution in [2.45, 2.75) is 52.0 Å². The minimum Gasteiger partial charge on any atom is -0.266 e. The summed E-state index contributed by atoms with van der Waals surface area (Å²) in [5.74, 6) is 0.524. The van der Waals surface area contributed by atoms with Gasteiger partial charge < -0.3 is 0 Å². The molecule has 1 heterocycles. The first-order chi connectivity index (χ1) is 7.43. The Morgan fingerprint density at radius 3 is 2.50 bits per heavy atom. The van der Waals surface area contributed by atoms with Gasteiger partial charge in [0.15, 0.2) is 0 Å². The maximum Gasteiger partial charge on any atom is 0.0635 e. The third-order valence-electron chi connectivity index (χ3n) is 2.72. The highest BCUT2D eigenvalue weighted by atomic mass is 79.9.